The van der Waals surface area contributed by atoms with E-state index in [0.29, 0.717) is 5.88 Å². The van der Waals surface area contributed by atoms with Crippen LogP contribution in [0.25, 0.3) is 0 Å². The zero-order valence-corrected chi connectivity index (χ0v) is 7.49. The Balaban J connectivity index is 2.54. The number of ether oxygens (including phenoxy) is 1. The van der Waals surface area contributed by atoms with Gasteiger partial charge in [-0.15, -0.1) is 0 Å². The van der Waals surface area contributed by atoms with Gasteiger partial charge in [0.05, 0.1) is 0 Å². The molecule has 0 aliphatic heterocycles. The maximum Gasteiger partial charge on any atom is 0.255 e. The Morgan fingerprint density at radius 1 is 1.62 bits per heavy atom. The molecule has 0 saturated carbocycles. The molecule has 0 bridgehead atoms. The van der Waals surface area contributed by atoms with E-state index in [1.165, 1.54) is 0 Å². The molecule has 0 aliphatic rings. The van der Waals surface area contributed by atoms with E-state index in [2.05, 4.69) is 4.98 Å². The lowest BCUT2D eigenvalue weighted by Gasteiger charge is -2.02. The van der Waals surface area contributed by atoms with Crippen LogP contribution in [0.3, 0.4) is 0 Å². The fourth-order valence-electron chi connectivity index (χ4n) is 0.851. The topological polar surface area (TPSA) is 65.2 Å². The number of nitrogens with two attached hydrogens (primary N) is 1. The molecular formula is C9H12N2O2. The summed E-state index contributed by atoms with van der Waals surface area (Å²) in [5.74, 6) is -0.0719. The molecule has 0 aliphatic carbocycles. The number of pyridine rings is 1. The number of hydrogen-bond donors (Lipinski definition) is 1. The molecule has 0 saturated heterocycles. The van der Waals surface area contributed by atoms with E-state index in [1.54, 1.807) is 12.3 Å². The normalized spacial score (nSPS) is 9.62. The van der Waals surface area contributed by atoms with Crippen LogP contribution in [0.15, 0.2) is 18.3 Å². The van der Waals surface area contributed by atoms with E-state index in [9.17, 15) is 4.79 Å². The van der Waals surface area contributed by atoms with Crippen molar-refractivity contribution >= 4 is 5.91 Å². The first-order valence-electron chi connectivity index (χ1n) is 4.08. The van der Waals surface area contributed by atoms with Gasteiger partial charge in [-0.3, -0.25) is 4.79 Å². The van der Waals surface area contributed by atoms with Crippen molar-refractivity contribution in [1.82, 2.24) is 4.98 Å². The highest BCUT2D eigenvalue weighted by Crippen LogP contribution is 2.07. The highest BCUT2D eigenvalue weighted by atomic mass is 16.5. The van der Waals surface area contributed by atoms with Crippen molar-refractivity contribution in [2.24, 2.45) is 5.73 Å². The third-order valence-corrected chi connectivity index (χ3v) is 1.57. The van der Waals surface area contributed by atoms with Crippen LogP contribution in [-0.4, -0.2) is 17.5 Å². The quantitative estimate of drug-likeness (QED) is 0.734. The van der Waals surface area contributed by atoms with Crippen molar-refractivity contribution in [3.8, 4) is 5.88 Å². The van der Waals surface area contributed by atoms with Gasteiger partial charge in [-0.25, -0.2) is 4.98 Å². The summed E-state index contributed by atoms with van der Waals surface area (Å²) < 4.78 is 4.98. The predicted octanol–water partition coefficient (Wildman–Crippen LogP) is 0.508. The summed E-state index contributed by atoms with van der Waals surface area (Å²) in [6.45, 7) is 1.92. The smallest absolute Gasteiger partial charge is 0.255 e. The van der Waals surface area contributed by atoms with Crippen LogP contribution in [0.1, 0.15) is 12.5 Å². The summed E-state index contributed by atoms with van der Waals surface area (Å²) >= 11 is 0. The third kappa shape index (κ3) is 3.11. The van der Waals surface area contributed by atoms with Gasteiger partial charge in [-0.1, -0.05) is 13.0 Å². The summed E-state index contributed by atoms with van der Waals surface area (Å²) in [7, 11) is 0. The van der Waals surface area contributed by atoms with Crippen LogP contribution in [-0.2, 0) is 11.2 Å². The summed E-state index contributed by atoms with van der Waals surface area (Å²) in [5, 5.41) is 0. The number of nitrogens with zero attached hydrogens (tertiary/aromatic N) is 1. The molecule has 0 aromatic carbocycles. The Morgan fingerprint density at radius 2 is 2.38 bits per heavy atom. The van der Waals surface area contributed by atoms with E-state index in [-0.39, 0.29) is 6.61 Å². The highest BCUT2D eigenvalue weighted by Gasteiger charge is 1.97. The average Bonchev–Trinajstić information content (AvgIpc) is 2.15. The molecular weight excluding hydrogens is 168 g/mol. The van der Waals surface area contributed by atoms with E-state index < -0.39 is 5.91 Å². The van der Waals surface area contributed by atoms with Gasteiger partial charge in [0.1, 0.15) is 0 Å². The number of carbonyl (C=O) groups is 1. The minimum absolute atomic E-state index is 0.127. The minimum atomic E-state index is -0.499. The van der Waals surface area contributed by atoms with Gasteiger partial charge in [-0.05, 0) is 12.0 Å². The van der Waals surface area contributed by atoms with Gasteiger partial charge < -0.3 is 10.5 Å². The standard InChI is InChI=1S/C9H12N2O2/c1-2-7-3-4-9(11-5-7)13-6-8(10)12/h3-5H,2,6H2,1H3,(H2,10,12). The predicted molar refractivity (Wildman–Crippen MR) is 48.3 cm³/mol. The second-order valence-corrected chi connectivity index (χ2v) is 2.61. The summed E-state index contributed by atoms with van der Waals surface area (Å²) in [5.41, 5.74) is 6.04. The summed E-state index contributed by atoms with van der Waals surface area (Å²) in [6, 6.07) is 3.63. The van der Waals surface area contributed by atoms with E-state index in [4.69, 9.17) is 10.5 Å². The lowest BCUT2D eigenvalue weighted by atomic mass is 10.2. The van der Waals surface area contributed by atoms with Gasteiger partial charge in [0.25, 0.3) is 5.91 Å². The van der Waals surface area contributed by atoms with Gasteiger partial charge in [0.15, 0.2) is 6.61 Å². The number of carbonyl (C=O) groups excluding carboxylic acids is 1. The van der Waals surface area contributed by atoms with E-state index >= 15 is 0 Å². The molecule has 4 heteroatoms. The van der Waals surface area contributed by atoms with Crippen molar-refractivity contribution in [3.05, 3.63) is 23.9 Å². The Morgan fingerprint density at radius 3 is 2.85 bits per heavy atom. The van der Waals surface area contributed by atoms with Crippen LogP contribution in [0.5, 0.6) is 5.88 Å². The first kappa shape index (κ1) is 9.51. The monoisotopic (exact) mass is 180 g/mol. The highest BCUT2D eigenvalue weighted by molar-refractivity contribution is 5.75. The Hall–Kier alpha value is -1.58. The third-order valence-electron chi connectivity index (χ3n) is 1.57. The molecule has 0 spiro atoms. The molecule has 4 nitrogen and oxygen atoms in total. The Labute approximate surface area is 76.7 Å². The van der Waals surface area contributed by atoms with Gasteiger partial charge in [0.2, 0.25) is 5.88 Å². The molecule has 0 fully saturated rings. The maximum absolute atomic E-state index is 10.4. The Kier molecular flexibility index (Phi) is 3.25. The number of aryl methyl sites for hydroxylation is 1. The first-order chi connectivity index (χ1) is 6.22. The lowest BCUT2D eigenvalue weighted by Crippen LogP contribution is -2.20. The largest absolute Gasteiger partial charge is 0.468 e. The van der Waals surface area contributed by atoms with Crippen molar-refractivity contribution in [2.75, 3.05) is 6.61 Å². The second kappa shape index (κ2) is 4.45. The number of rotatable bonds is 4. The summed E-state index contributed by atoms with van der Waals surface area (Å²) in [6.07, 6.45) is 2.65. The molecule has 1 heterocycles. The zero-order chi connectivity index (χ0) is 9.68. The maximum atomic E-state index is 10.4. The van der Waals surface area contributed by atoms with Gasteiger partial charge in [0, 0.05) is 12.3 Å². The van der Waals surface area contributed by atoms with Crippen molar-refractivity contribution in [2.45, 2.75) is 13.3 Å². The van der Waals surface area contributed by atoms with Crippen LogP contribution in [0, 0.1) is 0 Å². The molecule has 0 radical (unpaired) electrons. The van der Waals surface area contributed by atoms with Gasteiger partial charge in [-0.2, -0.15) is 0 Å². The van der Waals surface area contributed by atoms with Crippen LogP contribution < -0.4 is 10.5 Å². The fraction of sp³-hybridized carbons (Fsp3) is 0.333. The van der Waals surface area contributed by atoms with E-state index in [0.717, 1.165) is 12.0 Å². The molecule has 13 heavy (non-hydrogen) atoms. The van der Waals surface area contributed by atoms with Gasteiger partial charge >= 0.3 is 0 Å². The fourth-order valence-corrected chi connectivity index (χ4v) is 0.851. The molecule has 0 unspecified atom stereocenters. The van der Waals surface area contributed by atoms with Crippen molar-refractivity contribution in [3.63, 3.8) is 0 Å². The lowest BCUT2D eigenvalue weighted by molar-refractivity contribution is -0.120. The second-order valence-electron chi connectivity index (χ2n) is 2.61. The molecule has 2 N–H and O–H groups in total. The molecule has 1 amide bonds. The van der Waals surface area contributed by atoms with Crippen LogP contribution in [0.4, 0.5) is 0 Å². The Bertz CT molecular complexity index is 282. The molecule has 70 valence electrons. The minimum Gasteiger partial charge on any atom is -0.468 e. The molecule has 1 rings (SSSR count). The summed E-state index contributed by atoms with van der Waals surface area (Å²) in [4.78, 5) is 14.4. The molecule has 0 atom stereocenters. The zero-order valence-electron chi connectivity index (χ0n) is 7.49. The van der Waals surface area contributed by atoms with Crippen LogP contribution in [0.2, 0.25) is 0 Å². The number of amides is 1. The molecule has 1 aromatic heterocycles. The van der Waals surface area contributed by atoms with Crippen LogP contribution >= 0.6 is 0 Å². The van der Waals surface area contributed by atoms with Crippen molar-refractivity contribution < 1.29 is 9.53 Å². The SMILES string of the molecule is CCc1ccc(OCC(N)=O)nc1. The number of hydrogen-bond acceptors (Lipinski definition) is 3. The van der Waals surface area contributed by atoms with Crippen molar-refractivity contribution in [1.29, 1.82) is 0 Å². The van der Waals surface area contributed by atoms with E-state index in [1.807, 2.05) is 13.0 Å². The number of aromatic nitrogens is 1. The average molecular weight is 180 g/mol. The number of primary amides is 1. The molecule has 1 aromatic rings. The first-order valence-corrected chi connectivity index (χ1v) is 4.08.